The first-order valence-corrected chi connectivity index (χ1v) is 19.5. The van der Waals surface area contributed by atoms with Gasteiger partial charge in [0, 0.05) is 84.0 Å². The predicted octanol–water partition coefficient (Wildman–Crippen LogP) is 5.15. The number of esters is 1. The summed E-state index contributed by atoms with van der Waals surface area (Å²) in [5.74, 6) is 0.358. The zero-order chi connectivity index (χ0) is 36.6. The molecular weight excluding hydrogens is 652 g/mol. The number of carbonyl (C=O) groups is 1. The second kappa shape index (κ2) is 11.3. The molecule has 278 valence electrons. The summed E-state index contributed by atoms with van der Waals surface area (Å²) in [6.45, 7) is 12.6. The lowest BCUT2D eigenvalue weighted by atomic mass is 9.45. The van der Waals surface area contributed by atoms with Gasteiger partial charge in [0.05, 0.1) is 31.5 Å². The highest BCUT2D eigenvalue weighted by molar-refractivity contribution is 5.94. The van der Waals surface area contributed by atoms with Crippen molar-refractivity contribution in [3.8, 4) is 5.75 Å². The Bertz CT molecular complexity index is 1980. The molecule has 6 aliphatic rings. The Morgan fingerprint density at radius 3 is 2.60 bits per heavy atom. The van der Waals surface area contributed by atoms with Crippen molar-refractivity contribution in [1.82, 2.24) is 14.8 Å². The van der Waals surface area contributed by atoms with Gasteiger partial charge < -0.3 is 29.6 Å². The molecule has 1 aromatic heterocycles. The molecule has 1 spiro atoms. The molecule has 9 rings (SSSR count). The van der Waals surface area contributed by atoms with Gasteiger partial charge in [0.1, 0.15) is 11.2 Å². The molecule has 10 atom stereocenters. The maximum absolute atomic E-state index is 15.1. The number of anilines is 1. The van der Waals surface area contributed by atoms with E-state index in [0.29, 0.717) is 25.1 Å². The number of rotatable bonds is 4. The van der Waals surface area contributed by atoms with E-state index in [9.17, 15) is 10.2 Å². The third kappa shape index (κ3) is 4.22. The van der Waals surface area contributed by atoms with Crippen molar-refractivity contribution in [1.29, 1.82) is 0 Å². The van der Waals surface area contributed by atoms with E-state index in [1.165, 1.54) is 12.7 Å². The minimum Gasteiger partial charge on any atom is -0.496 e. The van der Waals surface area contributed by atoms with E-state index >= 15 is 4.79 Å². The lowest BCUT2D eigenvalue weighted by Gasteiger charge is -2.64. The zero-order valence-corrected chi connectivity index (χ0v) is 32.0. The molecule has 2 aromatic carbocycles. The van der Waals surface area contributed by atoms with E-state index in [0.717, 1.165) is 78.9 Å². The molecule has 3 fully saturated rings. The van der Waals surface area contributed by atoms with Gasteiger partial charge in [-0.25, -0.2) is 0 Å². The topological polar surface area (TPSA) is 102 Å². The normalized spacial score (nSPS) is 40.6. The van der Waals surface area contributed by atoms with Crippen LogP contribution in [0.2, 0.25) is 0 Å². The number of aromatic amines is 1. The average molecular weight is 709 g/mol. The van der Waals surface area contributed by atoms with Crippen LogP contribution in [0, 0.1) is 17.3 Å². The molecule has 1 aliphatic carbocycles. The highest BCUT2D eigenvalue weighted by atomic mass is 16.5. The maximum Gasteiger partial charge on any atom is 0.322 e. The molecule has 6 heterocycles. The maximum atomic E-state index is 15.1. The van der Waals surface area contributed by atoms with Gasteiger partial charge in [-0.15, -0.1) is 0 Å². The molecule has 2 saturated heterocycles. The van der Waals surface area contributed by atoms with Crippen LogP contribution in [0.4, 0.5) is 5.69 Å². The van der Waals surface area contributed by atoms with E-state index in [4.69, 9.17) is 9.47 Å². The minimum atomic E-state index is -1.25. The number of fused-ring (bicyclic) bond motifs is 6. The van der Waals surface area contributed by atoms with Crippen LogP contribution in [-0.4, -0.2) is 108 Å². The van der Waals surface area contributed by atoms with Crippen LogP contribution in [0.25, 0.3) is 10.9 Å². The van der Waals surface area contributed by atoms with Crippen LogP contribution in [0.15, 0.2) is 48.6 Å². The summed E-state index contributed by atoms with van der Waals surface area (Å²) >= 11 is 0. The monoisotopic (exact) mass is 708 g/mol. The number of piperidine rings is 1. The molecule has 9 heteroatoms. The summed E-state index contributed by atoms with van der Waals surface area (Å²) in [6, 6.07) is 12.8. The zero-order valence-electron chi connectivity index (χ0n) is 32.0. The van der Waals surface area contributed by atoms with Crippen molar-refractivity contribution < 1.29 is 24.5 Å². The summed E-state index contributed by atoms with van der Waals surface area (Å²) < 4.78 is 12.3. The molecule has 2 bridgehead atoms. The van der Waals surface area contributed by atoms with Gasteiger partial charge in [0.25, 0.3) is 0 Å². The fourth-order valence-electron chi connectivity index (χ4n) is 13.4. The van der Waals surface area contributed by atoms with Crippen LogP contribution in [0.5, 0.6) is 5.75 Å². The number of carbonyl (C=O) groups excluding carboxylic acids is 1. The van der Waals surface area contributed by atoms with Crippen LogP contribution in [0.3, 0.4) is 0 Å². The Balaban J connectivity index is 1.36. The predicted molar refractivity (Wildman–Crippen MR) is 203 cm³/mol. The third-order valence-electron chi connectivity index (χ3n) is 15.2. The summed E-state index contributed by atoms with van der Waals surface area (Å²) in [5, 5.41) is 25.6. The van der Waals surface area contributed by atoms with Gasteiger partial charge in [-0.1, -0.05) is 44.2 Å². The smallest absolute Gasteiger partial charge is 0.322 e. The Morgan fingerprint density at radius 1 is 1.06 bits per heavy atom. The van der Waals surface area contributed by atoms with Crippen molar-refractivity contribution in [3.63, 3.8) is 0 Å². The lowest BCUT2D eigenvalue weighted by molar-refractivity contribution is -0.148. The summed E-state index contributed by atoms with van der Waals surface area (Å²) in [7, 11) is 5.35. The van der Waals surface area contributed by atoms with Gasteiger partial charge in [-0.2, -0.15) is 0 Å². The number of nitrogens with zero attached hydrogens (tertiary/aromatic N) is 3. The lowest BCUT2D eigenvalue weighted by Crippen LogP contribution is -2.75. The number of likely N-dealkylation sites (N-methyl/N-ethyl adjacent to an activating group) is 1. The van der Waals surface area contributed by atoms with Gasteiger partial charge in [-0.05, 0) is 87.6 Å². The highest BCUT2D eigenvalue weighted by Gasteiger charge is 2.74. The van der Waals surface area contributed by atoms with E-state index in [1.807, 2.05) is 13.0 Å². The number of hydrogen-bond acceptors (Lipinski definition) is 8. The van der Waals surface area contributed by atoms with Crippen molar-refractivity contribution in [3.05, 3.63) is 70.9 Å². The highest BCUT2D eigenvalue weighted by Crippen LogP contribution is 2.69. The molecule has 3 aromatic rings. The number of ether oxygens (including phenoxy) is 2. The number of nitrogens with one attached hydrogen (secondary N) is 1. The third-order valence-corrected chi connectivity index (χ3v) is 15.2. The van der Waals surface area contributed by atoms with Gasteiger partial charge in [0.2, 0.25) is 0 Å². The Morgan fingerprint density at radius 2 is 1.85 bits per heavy atom. The molecule has 1 saturated carbocycles. The Labute approximate surface area is 307 Å². The summed E-state index contributed by atoms with van der Waals surface area (Å²) in [4.78, 5) is 26.3. The number of H-pyrrole nitrogens is 1. The molecule has 5 aliphatic heterocycles. The van der Waals surface area contributed by atoms with Crippen LogP contribution >= 0.6 is 0 Å². The van der Waals surface area contributed by atoms with Gasteiger partial charge in [-0.3, -0.25) is 14.6 Å². The minimum absolute atomic E-state index is 0.0150. The molecule has 5 unspecified atom stereocenters. The fourth-order valence-corrected chi connectivity index (χ4v) is 13.4. The first-order valence-electron chi connectivity index (χ1n) is 19.5. The van der Waals surface area contributed by atoms with Crippen molar-refractivity contribution in [2.75, 3.05) is 58.9 Å². The number of benzene rings is 2. The number of hydrogen-bond donors (Lipinski definition) is 3. The van der Waals surface area contributed by atoms with E-state index < -0.39 is 16.6 Å². The summed E-state index contributed by atoms with van der Waals surface area (Å²) in [5.41, 5.74) is 2.34. The first kappa shape index (κ1) is 34.4. The number of aliphatic hydroxyl groups is 2. The Kier molecular flexibility index (Phi) is 7.49. The quantitative estimate of drug-likeness (QED) is 0.253. The largest absolute Gasteiger partial charge is 0.496 e. The molecule has 0 radical (unpaired) electrons. The number of para-hydroxylation sites is 1. The second-order valence-electron chi connectivity index (χ2n) is 17.8. The molecule has 3 N–H and O–H groups in total. The van der Waals surface area contributed by atoms with Crippen LogP contribution in [0.1, 0.15) is 75.8 Å². The van der Waals surface area contributed by atoms with Gasteiger partial charge >= 0.3 is 5.97 Å². The second-order valence-corrected chi connectivity index (χ2v) is 17.8. The standard InChI is InChI=1S/C43H56N4O5/c1-8-41-15-11-17-47-19-16-42(37(41)47)30-20-31(34(51-6)21-33(30)45(5)36(42)40(4,50)26(41)2)43(38(48)52-7)23-27-22-39(3,49)25-46(24-27)18-14-29-28-12-9-10-13-32(28)44-35(29)43/h9-13,15,20-21,26-27,36-37,44,49-50H,8,14,16-19,22-25H2,1-7H3/t26-,27?,36?,37?,39-,40+,41-,42?,43-/m0/s1. The van der Waals surface area contributed by atoms with Crippen molar-refractivity contribution in [2.45, 2.75) is 93.9 Å². The number of methoxy groups -OCH3 is 2. The van der Waals surface area contributed by atoms with Crippen molar-refractivity contribution in [2.24, 2.45) is 17.3 Å². The van der Waals surface area contributed by atoms with Crippen LogP contribution < -0.4 is 9.64 Å². The molecular formula is C43H56N4O5. The van der Waals surface area contributed by atoms with E-state index in [2.05, 4.69) is 90.0 Å². The van der Waals surface area contributed by atoms with E-state index in [1.54, 1.807) is 7.11 Å². The SMILES string of the molecule is CC[C@]12C=CCN3CCC4(c5cc([C@@]6(C(=O)OC)CC7CN(CCc8c6[nH]c6ccccc86)C[C@@](C)(O)C7)c(OC)cc5N(C)C4[C@](C)(O)[C@@H]1C)C32. The molecule has 52 heavy (non-hydrogen) atoms. The average Bonchev–Trinajstić information content (AvgIpc) is 3.78. The van der Waals surface area contributed by atoms with Crippen molar-refractivity contribution >= 4 is 22.6 Å². The summed E-state index contributed by atoms with van der Waals surface area (Å²) in [6.07, 6.45) is 8.38. The Hall–Kier alpha value is -3.37. The van der Waals surface area contributed by atoms with Gasteiger partial charge in [0.15, 0.2) is 0 Å². The van der Waals surface area contributed by atoms with Crippen LogP contribution in [-0.2, 0) is 26.8 Å². The molecule has 9 nitrogen and oxygen atoms in total. The first-order chi connectivity index (χ1) is 24.8. The molecule has 0 amide bonds. The van der Waals surface area contributed by atoms with E-state index in [-0.39, 0.29) is 40.7 Å². The fraction of sp³-hybridized carbons (Fsp3) is 0.605. The number of aromatic nitrogens is 1.